The fraction of sp³-hybridized carbons (Fsp3) is 0.0526. The highest BCUT2D eigenvalue weighted by Crippen LogP contribution is 2.18. The Bertz CT molecular complexity index is 869. The zero-order valence-electron chi connectivity index (χ0n) is 12.4. The highest BCUT2D eigenvalue weighted by molar-refractivity contribution is 5.90. The molecular formula is C19H15FN2O. The van der Waals surface area contributed by atoms with Crippen LogP contribution < -0.4 is 5.43 Å². The Kier molecular flexibility index (Phi) is 4.43. The van der Waals surface area contributed by atoms with E-state index in [1.165, 1.54) is 12.3 Å². The summed E-state index contributed by atoms with van der Waals surface area (Å²) in [5.74, 6) is -0.617. The predicted octanol–water partition coefficient (Wildman–Crippen LogP) is 3.67. The van der Waals surface area contributed by atoms with Crippen molar-refractivity contribution in [2.24, 2.45) is 5.10 Å². The van der Waals surface area contributed by atoms with Gasteiger partial charge in [-0.05, 0) is 22.4 Å². The number of halogens is 1. The molecule has 0 spiro atoms. The van der Waals surface area contributed by atoms with Gasteiger partial charge in [0.25, 0.3) is 0 Å². The molecule has 0 aliphatic carbocycles. The standard InChI is InChI=1S/C19H15FN2O/c20-18-11-4-2-7-16(18)13-21-22-19(23)12-15-9-5-8-14-6-1-3-10-17(14)15/h1-11,13H,12H2,(H,22,23). The molecule has 23 heavy (non-hydrogen) atoms. The average molecular weight is 306 g/mol. The normalized spacial score (nSPS) is 11.0. The van der Waals surface area contributed by atoms with E-state index in [-0.39, 0.29) is 18.1 Å². The lowest BCUT2D eigenvalue weighted by Crippen LogP contribution is -2.20. The quantitative estimate of drug-likeness (QED) is 0.580. The lowest BCUT2D eigenvalue weighted by molar-refractivity contribution is -0.120. The predicted molar refractivity (Wildman–Crippen MR) is 89.8 cm³/mol. The minimum absolute atomic E-state index is 0.218. The molecule has 3 nitrogen and oxygen atoms in total. The van der Waals surface area contributed by atoms with Gasteiger partial charge in [0.05, 0.1) is 12.6 Å². The van der Waals surface area contributed by atoms with Crippen molar-refractivity contribution in [2.75, 3.05) is 0 Å². The molecule has 0 aliphatic rings. The van der Waals surface area contributed by atoms with Crippen LogP contribution >= 0.6 is 0 Å². The third-order valence-electron chi connectivity index (χ3n) is 3.53. The van der Waals surface area contributed by atoms with Crippen LogP contribution in [0.4, 0.5) is 4.39 Å². The van der Waals surface area contributed by atoms with E-state index in [2.05, 4.69) is 10.5 Å². The Labute approximate surface area is 133 Å². The molecule has 3 aromatic carbocycles. The number of fused-ring (bicyclic) bond motifs is 1. The van der Waals surface area contributed by atoms with Crippen LogP contribution in [0, 0.1) is 5.82 Å². The maximum Gasteiger partial charge on any atom is 0.244 e. The van der Waals surface area contributed by atoms with Crippen LogP contribution in [0.2, 0.25) is 0 Å². The minimum atomic E-state index is -0.375. The summed E-state index contributed by atoms with van der Waals surface area (Å²) in [7, 11) is 0. The first kappa shape index (κ1) is 14.9. The van der Waals surface area contributed by atoms with Crippen molar-refractivity contribution in [3.8, 4) is 0 Å². The third kappa shape index (κ3) is 3.61. The summed E-state index contributed by atoms with van der Waals surface area (Å²) in [6.45, 7) is 0. The molecule has 0 heterocycles. The van der Waals surface area contributed by atoms with Crippen LogP contribution in [-0.4, -0.2) is 12.1 Å². The molecule has 0 unspecified atom stereocenters. The first-order valence-electron chi connectivity index (χ1n) is 7.27. The van der Waals surface area contributed by atoms with Gasteiger partial charge in [-0.15, -0.1) is 0 Å². The maximum atomic E-state index is 13.4. The van der Waals surface area contributed by atoms with E-state index in [4.69, 9.17) is 0 Å². The van der Waals surface area contributed by atoms with Gasteiger partial charge in [0.2, 0.25) is 5.91 Å². The molecule has 3 rings (SSSR count). The Balaban J connectivity index is 1.69. The lowest BCUT2D eigenvalue weighted by Gasteiger charge is -2.05. The van der Waals surface area contributed by atoms with Crippen molar-refractivity contribution < 1.29 is 9.18 Å². The van der Waals surface area contributed by atoms with Crippen LogP contribution in [0.3, 0.4) is 0 Å². The van der Waals surface area contributed by atoms with Gasteiger partial charge < -0.3 is 0 Å². The molecule has 0 aliphatic heterocycles. The van der Waals surface area contributed by atoms with Crippen molar-refractivity contribution in [3.05, 3.63) is 83.7 Å². The van der Waals surface area contributed by atoms with Gasteiger partial charge in [-0.2, -0.15) is 5.10 Å². The van der Waals surface area contributed by atoms with Crippen LogP contribution in [-0.2, 0) is 11.2 Å². The van der Waals surface area contributed by atoms with Gasteiger partial charge in [0, 0.05) is 5.56 Å². The largest absolute Gasteiger partial charge is 0.273 e. The molecule has 114 valence electrons. The average Bonchev–Trinajstić information content (AvgIpc) is 2.57. The molecule has 0 saturated heterocycles. The molecule has 0 atom stereocenters. The van der Waals surface area contributed by atoms with E-state index in [9.17, 15) is 9.18 Å². The van der Waals surface area contributed by atoms with E-state index >= 15 is 0 Å². The summed E-state index contributed by atoms with van der Waals surface area (Å²) >= 11 is 0. The highest BCUT2D eigenvalue weighted by atomic mass is 19.1. The van der Waals surface area contributed by atoms with Crippen LogP contribution in [0.1, 0.15) is 11.1 Å². The van der Waals surface area contributed by atoms with E-state index < -0.39 is 0 Å². The van der Waals surface area contributed by atoms with Gasteiger partial charge in [-0.25, -0.2) is 9.82 Å². The SMILES string of the molecule is O=C(Cc1cccc2ccccc12)NN=Cc1ccccc1F. The molecule has 0 aromatic heterocycles. The van der Waals surface area contributed by atoms with Crippen molar-refractivity contribution in [2.45, 2.75) is 6.42 Å². The van der Waals surface area contributed by atoms with Crippen molar-refractivity contribution in [1.82, 2.24) is 5.43 Å². The summed E-state index contributed by atoms with van der Waals surface area (Å²) in [6.07, 6.45) is 1.52. The van der Waals surface area contributed by atoms with Gasteiger partial charge >= 0.3 is 0 Å². The third-order valence-corrected chi connectivity index (χ3v) is 3.53. The van der Waals surface area contributed by atoms with Crippen LogP contribution in [0.25, 0.3) is 10.8 Å². The first-order chi connectivity index (χ1) is 11.2. The second-order valence-electron chi connectivity index (χ2n) is 5.13. The van der Waals surface area contributed by atoms with Crippen LogP contribution in [0.5, 0.6) is 0 Å². The van der Waals surface area contributed by atoms with Gasteiger partial charge in [0.15, 0.2) is 0 Å². The summed E-state index contributed by atoms with van der Waals surface area (Å²) in [6, 6.07) is 20.0. The molecule has 1 N–H and O–H groups in total. The van der Waals surface area contributed by atoms with Gasteiger partial charge in [-0.1, -0.05) is 60.7 Å². The number of carbonyl (C=O) groups is 1. The van der Waals surface area contributed by atoms with Crippen LogP contribution in [0.15, 0.2) is 71.8 Å². The van der Waals surface area contributed by atoms with Crippen molar-refractivity contribution in [1.29, 1.82) is 0 Å². The van der Waals surface area contributed by atoms with E-state index in [1.807, 2.05) is 42.5 Å². The number of hydrogen-bond acceptors (Lipinski definition) is 2. The molecule has 0 fully saturated rings. The zero-order valence-corrected chi connectivity index (χ0v) is 12.4. The number of hydrogen-bond donors (Lipinski definition) is 1. The molecule has 0 radical (unpaired) electrons. The van der Waals surface area contributed by atoms with Gasteiger partial charge in [-0.3, -0.25) is 4.79 Å². The summed E-state index contributed by atoms with van der Waals surface area (Å²) < 4.78 is 13.4. The molecule has 0 saturated carbocycles. The van der Waals surface area contributed by atoms with Crippen molar-refractivity contribution >= 4 is 22.9 Å². The molecule has 3 aromatic rings. The lowest BCUT2D eigenvalue weighted by atomic mass is 10.0. The number of rotatable bonds is 4. The Morgan fingerprint density at radius 1 is 1.00 bits per heavy atom. The summed E-state index contributed by atoms with van der Waals surface area (Å²) in [4.78, 5) is 12.0. The second-order valence-corrected chi connectivity index (χ2v) is 5.13. The first-order valence-corrected chi connectivity index (χ1v) is 7.27. The Morgan fingerprint density at radius 2 is 1.74 bits per heavy atom. The number of nitrogens with one attached hydrogen (secondary N) is 1. The van der Waals surface area contributed by atoms with Gasteiger partial charge in [0.1, 0.15) is 5.82 Å². The minimum Gasteiger partial charge on any atom is -0.273 e. The fourth-order valence-corrected chi connectivity index (χ4v) is 2.41. The van der Waals surface area contributed by atoms with E-state index in [0.29, 0.717) is 5.56 Å². The maximum absolute atomic E-state index is 13.4. The second kappa shape index (κ2) is 6.83. The molecule has 0 bridgehead atoms. The smallest absolute Gasteiger partial charge is 0.244 e. The molecular weight excluding hydrogens is 291 g/mol. The van der Waals surface area contributed by atoms with Crippen molar-refractivity contribution in [3.63, 3.8) is 0 Å². The molecule has 4 heteroatoms. The Hall–Kier alpha value is -3.01. The molecule has 1 amide bonds. The Morgan fingerprint density at radius 3 is 2.61 bits per heavy atom. The number of hydrazone groups is 1. The summed E-state index contributed by atoms with van der Waals surface area (Å²) in [5, 5.41) is 5.95. The monoisotopic (exact) mass is 306 g/mol. The fourth-order valence-electron chi connectivity index (χ4n) is 2.41. The van der Waals surface area contributed by atoms with E-state index in [1.54, 1.807) is 18.2 Å². The van der Waals surface area contributed by atoms with E-state index in [0.717, 1.165) is 16.3 Å². The number of benzene rings is 3. The topological polar surface area (TPSA) is 41.5 Å². The zero-order chi connectivity index (χ0) is 16.1. The number of carbonyl (C=O) groups excluding carboxylic acids is 1. The number of amides is 1. The highest BCUT2D eigenvalue weighted by Gasteiger charge is 2.06. The number of nitrogens with zero attached hydrogens (tertiary/aromatic N) is 1. The summed E-state index contributed by atoms with van der Waals surface area (Å²) in [5.41, 5.74) is 3.70.